The Bertz CT molecular complexity index is 423. The van der Waals surface area contributed by atoms with Crippen LogP contribution in [0.15, 0.2) is 18.2 Å². The summed E-state index contributed by atoms with van der Waals surface area (Å²) in [5.74, 6) is -0.155. The summed E-state index contributed by atoms with van der Waals surface area (Å²) < 4.78 is 14.1. The topological polar surface area (TPSA) is 32.5 Å². The first-order valence-corrected chi connectivity index (χ1v) is 6.95. The molecule has 1 aliphatic heterocycles. The monoisotopic (exact) mass is 265 g/mol. The Hall–Kier alpha value is -1.13. The average Bonchev–Trinajstić information content (AvgIpc) is 2.38. The van der Waals surface area contributed by atoms with Crippen LogP contribution in [0.5, 0.6) is 0 Å². The van der Waals surface area contributed by atoms with E-state index in [1.807, 2.05) is 19.1 Å². The number of hydrogen-bond acceptors (Lipinski definition) is 3. The number of nitrogens with zero attached hydrogens (tertiary/aromatic N) is 2. The third-order valence-electron chi connectivity index (χ3n) is 4.03. The number of benzene rings is 1. The molecule has 1 aromatic carbocycles. The van der Waals surface area contributed by atoms with Gasteiger partial charge >= 0.3 is 0 Å². The molecular weight excluding hydrogens is 241 g/mol. The van der Waals surface area contributed by atoms with Crippen LogP contribution in [0, 0.1) is 5.82 Å². The molecule has 0 spiro atoms. The second kappa shape index (κ2) is 5.88. The number of nitrogens with two attached hydrogens (primary N) is 1. The highest BCUT2D eigenvalue weighted by Gasteiger charge is 2.22. The minimum atomic E-state index is -0.155. The Morgan fingerprint density at radius 1 is 1.32 bits per heavy atom. The van der Waals surface area contributed by atoms with E-state index in [0.29, 0.717) is 11.7 Å². The van der Waals surface area contributed by atoms with Gasteiger partial charge in [-0.1, -0.05) is 6.07 Å². The molecule has 1 aliphatic rings. The van der Waals surface area contributed by atoms with Crippen LogP contribution in [-0.4, -0.2) is 38.1 Å². The molecule has 1 heterocycles. The van der Waals surface area contributed by atoms with Crippen molar-refractivity contribution < 1.29 is 4.39 Å². The largest absolute Gasteiger partial charge is 0.369 e. The number of halogens is 1. The van der Waals surface area contributed by atoms with Crippen LogP contribution in [0.1, 0.15) is 31.4 Å². The van der Waals surface area contributed by atoms with Gasteiger partial charge in [0.15, 0.2) is 0 Å². The van der Waals surface area contributed by atoms with Gasteiger partial charge in [-0.05, 0) is 51.6 Å². The van der Waals surface area contributed by atoms with Gasteiger partial charge < -0.3 is 15.5 Å². The van der Waals surface area contributed by atoms with Crippen molar-refractivity contribution in [2.75, 3.05) is 32.1 Å². The summed E-state index contributed by atoms with van der Waals surface area (Å²) in [7, 11) is 4.22. The van der Waals surface area contributed by atoms with Crippen molar-refractivity contribution >= 4 is 5.69 Å². The molecule has 2 N–H and O–H groups in total. The van der Waals surface area contributed by atoms with Crippen molar-refractivity contribution in [1.82, 2.24) is 4.90 Å². The Labute approximate surface area is 115 Å². The lowest BCUT2D eigenvalue weighted by Crippen LogP contribution is -2.42. The minimum absolute atomic E-state index is 0.122. The first-order valence-electron chi connectivity index (χ1n) is 6.95. The third-order valence-corrected chi connectivity index (χ3v) is 4.03. The third kappa shape index (κ3) is 3.25. The van der Waals surface area contributed by atoms with Gasteiger partial charge in [0, 0.05) is 25.2 Å². The van der Waals surface area contributed by atoms with Crippen molar-refractivity contribution in [2.45, 2.75) is 31.8 Å². The quantitative estimate of drug-likeness (QED) is 0.910. The van der Waals surface area contributed by atoms with Crippen molar-refractivity contribution in [2.24, 2.45) is 5.73 Å². The maximum absolute atomic E-state index is 14.1. The predicted molar refractivity (Wildman–Crippen MR) is 77.9 cm³/mol. The Morgan fingerprint density at radius 2 is 1.95 bits per heavy atom. The fourth-order valence-corrected chi connectivity index (χ4v) is 2.69. The molecule has 0 aromatic heterocycles. The molecule has 4 heteroatoms. The van der Waals surface area contributed by atoms with Crippen LogP contribution in [0.4, 0.5) is 10.1 Å². The van der Waals surface area contributed by atoms with Crippen molar-refractivity contribution in [3.05, 3.63) is 29.6 Å². The summed E-state index contributed by atoms with van der Waals surface area (Å²) in [6, 6.07) is 5.86. The molecule has 0 amide bonds. The summed E-state index contributed by atoms with van der Waals surface area (Å²) in [4.78, 5) is 4.40. The lowest BCUT2D eigenvalue weighted by molar-refractivity contribution is 0.249. The van der Waals surface area contributed by atoms with Gasteiger partial charge in [-0.3, -0.25) is 0 Å². The Kier molecular flexibility index (Phi) is 4.42. The van der Waals surface area contributed by atoms with Gasteiger partial charge in [-0.25, -0.2) is 4.39 Å². The van der Waals surface area contributed by atoms with Crippen LogP contribution in [0.3, 0.4) is 0 Å². The van der Waals surface area contributed by atoms with E-state index in [9.17, 15) is 4.39 Å². The van der Waals surface area contributed by atoms with E-state index in [-0.39, 0.29) is 11.9 Å². The van der Waals surface area contributed by atoms with Crippen LogP contribution in [0.25, 0.3) is 0 Å². The van der Waals surface area contributed by atoms with Crippen LogP contribution in [0.2, 0.25) is 0 Å². The summed E-state index contributed by atoms with van der Waals surface area (Å²) in [5.41, 5.74) is 7.34. The molecule has 0 aliphatic carbocycles. The first-order chi connectivity index (χ1) is 8.99. The smallest absolute Gasteiger partial charge is 0.146 e. The van der Waals surface area contributed by atoms with E-state index in [2.05, 4.69) is 23.9 Å². The van der Waals surface area contributed by atoms with E-state index in [0.717, 1.165) is 31.5 Å². The van der Waals surface area contributed by atoms with E-state index >= 15 is 0 Å². The lowest BCUT2D eigenvalue weighted by atomic mass is 10.0. The fourth-order valence-electron chi connectivity index (χ4n) is 2.69. The maximum atomic E-state index is 14.1. The molecular formula is C15H24FN3. The maximum Gasteiger partial charge on any atom is 0.146 e. The molecule has 1 aromatic rings. The number of hydrogen-bond donors (Lipinski definition) is 1. The zero-order chi connectivity index (χ0) is 14.0. The van der Waals surface area contributed by atoms with Crippen LogP contribution in [-0.2, 0) is 0 Å². The molecule has 1 atom stereocenters. The molecule has 1 fully saturated rings. The fraction of sp³-hybridized carbons (Fsp3) is 0.600. The summed E-state index contributed by atoms with van der Waals surface area (Å²) in [6.07, 6.45) is 2.17. The van der Waals surface area contributed by atoms with Crippen molar-refractivity contribution in [3.8, 4) is 0 Å². The normalized spacial score (nSPS) is 18.9. The van der Waals surface area contributed by atoms with E-state index in [1.54, 1.807) is 6.07 Å². The molecule has 106 valence electrons. The van der Waals surface area contributed by atoms with Gasteiger partial charge in [-0.15, -0.1) is 0 Å². The molecule has 0 saturated carbocycles. The zero-order valence-electron chi connectivity index (χ0n) is 12.1. The summed E-state index contributed by atoms with van der Waals surface area (Å²) in [6.45, 7) is 3.70. The molecule has 19 heavy (non-hydrogen) atoms. The SMILES string of the molecule is C[C@@H](N)c1ccc(N2CCC(N(C)C)CC2)c(F)c1. The Balaban J connectivity index is 2.07. The Morgan fingerprint density at radius 3 is 2.42 bits per heavy atom. The van der Waals surface area contributed by atoms with E-state index in [1.165, 1.54) is 0 Å². The van der Waals surface area contributed by atoms with Crippen molar-refractivity contribution in [1.29, 1.82) is 0 Å². The summed E-state index contributed by atoms with van der Waals surface area (Å²) in [5, 5.41) is 0. The molecule has 2 rings (SSSR count). The second-order valence-electron chi connectivity index (χ2n) is 5.68. The van der Waals surface area contributed by atoms with E-state index in [4.69, 9.17) is 5.73 Å². The standard InChI is InChI=1S/C15H24FN3/c1-11(17)12-4-5-15(14(16)10-12)19-8-6-13(7-9-19)18(2)3/h4-5,10-11,13H,6-9,17H2,1-3H3/t11-/m1/s1. The van der Waals surface area contributed by atoms with Gasteiger partial charge in [0.2, 0.25) is 0 Å². The van der Waals surface area contributed by atoms with Crippen LogP contribution >= 0.6 is 0 Å². The highest BCUT2D eigenvalue weighted by atomic mass is 19.1. The molecule has 0 unspecified atom stereocenters. The van der Waals surface area contributed by atoms with Crippen LogP contribution < -0.4 is 10.6 Å². The summed E-state index contributed by atoms with van der Waals surface area (Å²) >= 11 is 0. The second-order valence-corrected chi connectivity index (χ2v) is 5.68. The number of piperidine rings is 1. The van der Waals surface area contributed by atoms with E-state index < -0.39 is 0 Å². The zero-order valence-corrected chi connectivity index (χ0v) is 12.1. The molecule has 0 radical (unpaired) electrons. The number of rotatable bonds is 3. The minimum Gasteiger partial charge on any atom is -0.369 e. The van der Waals surface area contributed by atoms with Gasteiger partial charge in [0.1, 0.15) is 5.82 Å². The van der Waals surface area contributed by atoms with Gasteiger partial charge in [0.05, 0.1) is 5.69 Å². The predicted octanol–water partition coefficient (Wildman–Crippen LogP) is 2.38. The highest BCUT2D eigenvalue weighted by Crippen LogP contribution is 2.26. The molecule has 3 nitrogen and oxygen atoms in total. The van der Waals surface area contributed by atoms with Crippen molar-refractivity contribution in [3.63, 3.8) is 0 Å². The average molecular weight is 265 g/mol. The van der Waals surface area contributed by atoms with Gasteiger partial charge in [0.25, 0.3) is 0 Å². The number of anilines is 1. The molecule has 1 saturated heterocycles. The molecule has 0 bridgehead atoms. The van der Waals surface area contributed by atoms with Gasteiger partial charge in [-0.2, -0.15) is 0 Å². The first kappa shape index (κ1) is 14.3. The lowest BCUT2D eigenvalue weighted by Gasteiger charge is -2.36. The highest BCUT2D eigenvalue weighted by molar-refractivity contribution is 5.50.